The number of allylic oxidation sites excluding steroid dienone is 2. The molecule has 22 heteroatoms. The maximum Gasteiger partial charge on any atom is 0.333 e. The lowest BCUT2D eigenvalue weighted by Gasteiger charge is -2.41. The fourth-order valence-corrected chi connectivity index (χ4v) is 10.5. The van der Waals surface area contributed by atoms with E-state index in [9.17, 15) is 91.6 Å². The number of rotatable bonds is 8. The van der Waals surface area contributed by atoms with E-state index in [2.05, 4.69) is 0 Å². The van der Waals surface area contributed by atoms with E-state index >= 15 is 0 Å². The summed E-state index contributed by atoms with van der Waals surface area (Å²) in [7, 11) is 0. The van der Waals surface area contributed by atoms with Gasteiger partial charge in [-0.1, -0.05) is 97.1 Å². The molecule has 0 aliphatic carbocycles. The number of hydrogen-bond donors (Lipinski definition) is 18. The summed E-state index contributed by atoms with van der Waals surface area (Å²) in [5.41, 5.74) is 6.22. The van der Waals surface area contributed by atoms with Crippen LogP contribution in [-0.4, -0.2) is 228 Å². The third-order valence-electron chi connectivity index (χ3n) is 17.0. The van der Waals surface area contributed by atoms with E-state index in [0.717, 1.165) is 0 Å². The van der Waals surface area contributed by atoms with Gasteiger partial charge < -0.3 is 107 Å². The van der Waals surface area contributed by atoms with Crippen LogP contribution in [0.2, 0.25) is 0 Å². The first-order valence-corrected chi connectivity index (χ1v) is 29.9. The van der Waals surface area contributed by atoms with Crippen LogP contribution in [-0.2, 0) is 19.0 Å². The van der Waals surface area contributed by atoms with E-state index in [-0.39, 0.29) is 37.2 Å². The van der Waals surface area contributed by atoms with E-state index in [1.54, 1.807) is 58.9 Å². The van der Waals surface area contributed by atoms with Gasteiger partial charge in [-0.2, -0.15) is 0 Å². The molecule has 22 nitrogen and oxygen atoms in total. The first-order valence-electron chi connectivity index (χ1n) is 29.9. The molecule has 0 saturated carbocycles. The van der Waals surface area contributed by atoms with Crippen molar-refractivity contribution in [2.24, 2.45) is 47.2 Å². The number of aliphatic hydroxyl groups is 17. The lowest BCUT2D eigenvalue weighted by atomic mass is 9.82. The maximum absolute atomic E-state index is 13.4. The zero-order valence-corrected chi connectivity index (χ0v) is 50.4. The molecule has 2 aliphatic rings. The summed E-state index contributed by atoms with van der Waals surface area (Å²) in [4.78, 5) is 13.4. The summed E-state index contributed by atoms with van der Waals surface area (Å²) in [5.74, 6) is -4.84. The third kappa shape index (κ3) is 25.9. The smallest absolute Gasteiger partial charge is 0.333 e. The number of ether oxygens (including phenoxy) is 3. The Morgan fingerprint density at radius 3 is 1.81 bits per heavy atom. The number of hydrogen-bond acceptors (Lipinski definition) is 22. The average Bonchev–Trinajstić information content (AvgIpc) is 3.63. The molecule has 0 spiro atoms. The van der Waals surface area contributed by atoms with E-state index in [4.69, 9.17) is 19.9 Å². The molecular formula is C61H109NO21. The van der Waals surface area contributed by atoms with Crippen LogP contribution in [0.3, 0.4) is 0 Å². The zero-order valence-electron chi connectivity index (χ0n) is 50.4. The quantitative estimate of drug-likeness (QED) is 0.116. The Kier molecular flexibility index (Phi) is 35.6. The van der Waals surface area contributed by atoms with Gasteiger partial charge in [0.25, 0.3) is 0 Å². The highest BCUT2D eigenvalue weighted by Gasteiger charge is 2.46. The van der Waals surface area contributed by atoms with Gasteiger partial charge in [-0.25, -0.2) is 4.79 Å². The predicted molar refractivity (Wildman–Crippen MR) is 310 cm³/mol. The third-order valence-corrected chi connectivity index (χ3v) is 17.0. The summed E-state index contributed by atoms with van der Waals surface area (Å²) in [6.45, 7) is 14.5. The van der Waals surface area contributed by atoms with Crippen molar-refractivity contribution in [3.8, 4) is 0 Å². The molecule has 2 aliphatic heterocycles. The van der Waals surface area contributed by atoms with Crippen LogP contribution in [0.15, 0.2) is 59.8 Å². The number of cyclic esters (lactones) is 1. The van der Waals surface area contributed by atoms with Gasteiger partial charge in [-0.05, 0) is 89.7 Å². The second-order valence-electron chi connectivity index (χ2n) is 24.2. The highest BCUT2D eigenvalue weighted by Crippen LogP contribution is 2.30. The van der Waals surface area contributed by atoms with Crippen LogP contribution in [0.1, 0.15) is 139 Å². The molecule has 0 aromatic heterocycles. The summed E-state index contributed by atoms with van der Waals surface area (Å²) < 4.78 is 17.4. The van der Waals surface area contributed by atoms with Crippen molar-refractivity contribution in [3.05, 3.63) is 59.8 Å². The monoisotopic (exact) mass is 1190 g/mol. The molecule has 19 N–H and O–H groups in total. The van der Waals surface area contributed by atoms with Crippen LogP contribution >= 0.6 is 0 Å². The standard InChI is InChI=1S/C61H109NO21/c1-32-15-10-11-19-47(70)38(7)55(75)33(2)16-12-17-35(4)60(80)81-51(37(6)46(69)20-14-24-62)21-13-18-41(64)26-42(65)28-48(71)39(8)56(76)40(9)49(72)29-43(66)27-44(67)30-50(73)52(25-36(5)54(74)34(3)22-23-45(32)68)82-61-59(79)58(78)57(77)53(31-63)83-61/h10,13,15,17-18,22-23,25,32-34,37-59,61,63-79H,11-12,14,16,19-21,24,26-31,62H2,1-9H3/b15-10+,18-13+,23-22+,35-17+,36-25+/t32?,33?,34?,37?,38?,39?,40?,41?,42?,43?,44?,45?,46?,47?,48?,49?,50?,51?,52?,53-,54?,55?,56?,57-,58+,59+,61-/m0/s1. The number of nitrogens with two attached hydrogens (primary N) is 1. The van der Waals surface area contributed by atoms with E-state index in [1.807, 2.05) is 13.0 Å². The second kappa shape index (κ2) is 38.6. The van der Waals surface area contributed by atoms with Gasteiger partial charge in [0.15, 0.2) is 6.29 Å². The molecule has 2 rings (SSSR count). The average molecular weight is 1190 g/mol. The van der Waals surface area contributed by atoms with E-state index < -0.39 is 183 Å². The molecule has 1 saturated heterocycles. The minimum atomic E-state index is -1.88. The molecule has 0 aromatic carbocycles. The largest absolute Gasteiger partial charge is 0.458 e. The number of carbonyl (C=O) groups excluding carboxylic acids is 1. The number of esters is 1. The van der Waals surface area contributed by atoms with Crippen molar-refractivity contribution in [2.75, 3.05) is 13.2 Å². The van der Waals surface area contributed by atoms with Crippen molar-refractivity contribution in [3.63, 3.8) is 0 Å². The van der Waals surface area contributed by atoms with Crippen LogP contribution < -0.4 is 5.73 Å². The number of carbonyl (C=O) groups is 1. The maximum atomic E-state index is 13.4. The van der Waals surface area contributed by atoms with Gasteiger partial charge in [0.1, 0.15) is 36.6 Å². The first-order chi connectivity index (χ1) is 38.9. The molecule has 0 bridgehead atoms. The van der Waals surface area contributed by atoms with Crippen molar-refractivity contribution >= 4 is 5.97 Å². The summed E-state index contributed by atoms with van der Waals surface area (Å²) in [5, 5.41) is 186. The Balaban J connectivity index is 2.45. The lowest BCUT2D eigenvalue weighted by molar-refractivity contribution is -0.313. The van der Waals surface area contributed by atoms with Gasteiger partial charge in [0, 0.05) is 60.3 Å². The Morgan fingerprint density at radius 1 is 0.639 bits per heavy atom. The van der Waals surface area contributed by atoms with E-state index in [0.29, 0.717) is 50.6 Å². The minimum Gasteiger partial charge on any atom is -0.458 e. The minimum absolute atomic E-state index is 0.0959. The number of aliphatic hydroxyl groups excluding tert-OH is 17. The van der Waals surface area contributed by atoms with Gasteiger partial charge in [-0.3, -0.25) is 0 Å². The van der Waals surface area contributed by atoms with Crippen molar-refractivity contribution in [2.45, 2.75) is 262 Å². The van der Waals surface area contributed by atoms with Gasteiger partial charge in [-0.15, -0.1) is 0 Å². The highest BCUT2D eigenvalue weighted by atomic mass is 16.7. The first kappa shape index (κ1) is 76.5. The van der Waals surface area contributed by atoms with Gasteiger partial charge in [0.2, 0.25) is 0 Å². The van der Waals surface area contributed by atoms with Crippen LogP contribution in [0.5, 0.6) is 0 Å². The van der Waals surface area contributed by atoms with Crippen molar-refractivity contribution in [1.82, 2.24) is 0 Å². The summed E-state index contributed by atoms with van der Waals surface area (Å²) >= 11 is 0. The second-order valence-corrected chi connectivity index (χ2v) is 24.2. The fraction of sp³-hybridized carbons (Fsp3) is 0.820. The Morgan fingerprint density at radius 2 is 1.22 bits per heavy atom. The van der Waals surface area contributed by atoms with Crippen LogP contribution in [0.25, 0.3) is 0 Å². The van der Waals surface area contributed by atoms with Crippen LogP contribution in [0, 0.1) is 41.4 Å². The normalized spacial score (nSPS) is 44.2. The molecule has 484 valence electrons. The molecular weight excluding hydrogens is 1080 g/mol. The van der Waals surface area contributed by atoms with Crippen LogP contribution in [0.4, 0.5) is 0 Å². The Labute approximate surface area is 492 Å². The van der Waals surface area contributed by atoms with Crippen molar-refractivity contribution < 1.29 is 106 Å². The molecule has 0 aromatic rings. The van der Waals surface area contributed by atoms with E-state index in [1.165, 1.54) is 39.0 Å². The topological polar surface area (TPSA) is 415 Å². The van der Waals surface area contributed by atoms with Gasteiger partial charge in [0.05, 0.1) is 86.0 Å². The summed E-state index contributed by atoms with van der Waals surface area (Å²) in [6, 6.07) is 0. The van der Waals surface area contributed by atoms with Gasteiger partial charge >= 0.3 is 5.97 Å². The Hall–Kier alpha value is -2.63. The lowest BCUT2D eigenvalue weighted by Crippen LogP contribution is -2.60. The summed E-state index contributed by atoms with van der Waals surface area (Å²) in [6.07, 6.45) is -13.2. The SMILES string of the molecule is C/C1=C\CCC(C)C(O)C(C)C(O)CC/C=C/C(C)C(O)/C=C/C(C)C(O)/C(C)=C/C(O[C@H]2O[C@@H](CO)[C@H](O)[C@@H](O)[C@H]2O)C(O)CC(O)CC(O)CC(O)C(C)C(O)C(C)C(O)CC(O)CC(O)/C=C/CC(C(C)C(O)CCCN)OC1=O. The molecule has 27 atom stereocenters. The molecule has 2 heterocycles. The Bertz CT molecular complexity index is 1960. The fourth-order valence-electron chi connectivity index (χ4n) is 10.5. The van der Waals surface area contributed by atoms with Crippen molar-refractivity contribution in [1.29, 1.82) is 0 Å². The predicted octanol–water partition coefficient (Wildman–Crippen LogP) is 0.442. The molecule has 0 radical (unpaired) electrons. The zero-order chi connectivity index (χ0) is 63.0. The highest BCUT2D eigenvalue weighted by molar-refractivity contribution is 5.87. The molecule has 1 fully saturated rings. The molecule has 83 heavy (non-hydrogen) atoms. The molecule has 22 unspecified atom stereocenters. The molecule has 0 amide bonds.